The van der Waals surface area contributed by atoms with Crippen molar-refractivity contribution in [2.45, 2.75) is 0 Å². The fourth-order valence-corrected chi connectivity index (χ4v) is 1.26. The molecule has 0 aliphatic rings. The second-order valence-corrected chi connectivity index (χ2v) is 3.09. The minimum absolute atomic E-state index is 0.384. The van der Waals surface area contributed by atoms with Crippen LogP contribution in [0.1, 0.15) is 0 Å². The Balaban J connectivity index is 2.75. The monoisotopic (exact) mass is 228 g/mol. The molecule has 0 unspecified atom stereocenters. The Bertz CT molecular complexity index is 382. The lowest BCUT2D eigenvalue weighted by atomic mass is 10.3. The third kappa shape index (κ3) is 3.21. The summed E-state index contributed by atoms with van der Waals surface area (Å²) in [4.78, 5) is 20.8. The molecule has 0 spiro atoms. The van der Waals surface area contributed by atoms with Crippen molar-refractivity contribution < 1.29 is 9.53 Å². The summed E-state index contributed by atoms with van der Waals surface area (Å²) in [5.41, 5.74) is 0.495. The molecule has 1 rings (SSSR count). The van der Waals surface area contributed by atoms with Crippen LogP contribution in [0.5, 0.6) is 5.75 Å². The van der Waals surface area contributed by atoms with E-state index in [9.17, 15) is 9.70 Å². The van der Waals surface area contributed by atoms with Crippen molar-refractivity contribution in [3.8, 4) is 5.75 Å². The molecule has 1 aromatic rings. The molecule has 0 saturated heterocycles. The number of hydrogen-bond acceptors (Lipinski definition) is 4. The van der Waals surface area contributed by atoms with Gasteiger partial charge in [-0.05, 0) is 18.2 Å². The Hall–Kier alpha value is -1.62. The van der Waals surface area contributed by atoms with Crippen molar-refractivity contribution in [3.05, 3.63) is 28.1 Å². The highest BCUT2D eigenvalue weighted by Crippen LogP contribution is 2.26. The van der Waals surface area contributed by atoms with E-state index in [2.05, 4.69) is 10.5 Å². The standard InChI is InChI=1S/C9H9ClN2O3/c1-15-8-3-2-6(4-7(8)10)12-9(13)5-11-14/h2-4H,5H2,1H3,(H,12,13). The van der Waals surface area contributed by atoms with Gasteiger partial charge in [0.15, 0.2) is 6.54 Å². The van der Waals surface area contributed by atoms with E-state index in [0.717, 1.165) is 0 Å². The largest absolute Gasteiger partial charge is 0.495 e. The zero-order valence-electron chi connectivity index (χ0n) is 7.99. The Kier molecular flexibility index (Phi) is 4.05. The maximum Gasteiger partial charge on any atom is 0.249 e. The van der Waals surface area contributed by atoms with Gasteiger partial charge in [-0.3, -0.25) is 4.79 Å². The van der Waals surface area contributed by atoms with Gasteiger partial charge in [0.2, 0.25) is 5.91 Å². The Morgan fingerprint density at radius 1 is 1.60 bits per heavy atom. The number of carbonyl (C=O) groups is 1. The maximum atomic E-state index is 11.0. The first kappa shape index (κ1) is 11.5. The highest BCUT2D eigenvalue weighted by molar-refractivity contribution is 6.32. The molecule has 5 nitrogen and oxygen atoms in total. The van der Waals surface area contributed by atoms with Gasteiger partial charge in [-0.25, -0.2) is 0 Å². The summed E-state index contributed by atoms with van der Waals surface area (Å²) < 4.78 is 4.94. The van der Waals surface area contributed by atoms with Crippen LogP contribution in [0.2, 0.25) is 5.02 Å². The quantitative estimate of drug-likeness (QED) is 0.802. The van der Waals surface area contributed by atoms with E-state index >= 15 is 0 Å². The van der Waals surface area contributed by atoms with Crippen molar-refractivity contribution in [2.75, 3.05) is 19.0 Å². The number of carbonyl (C=O) groups excluding carboxylic acids is 1. The van der Waals surface area contributed by atoms with E-state index in [-0.39, 0.29) is 0 Å². The van der Waals surface area contributed by atoms with E-state index in [1.165, 1.54) is 13.2 Å². The summed E-state index contributed by atoms with van der Waals surface area (Å²) in [7, 11) is 1.50. The first-order valence-corrected chi connectivity index (χ1v) is 4.47. The molecule has 0 radical (unpaired) electrons. The lowest BCUT2D eigenvalue weighted by Crippen LogP contribution is -2.14. The maximum absolute atomic E-state index is 11.0. The van der Waals surface area contributed by atoms with Crippen LogP contribution in [-0.2, 0) is 4.79 Å². The number of amides is 1. The van der Waals surface area contributed by atoms with Crippen molar-refractivity contribution in [1.82, 2.24) is 0 Å². The Morgan fingerprint density at radius 3 is 2.87 bits per heavy atom. The molecule has 80 valence electrons. The molecule has 0 atom stereocenters. The molecule has 0 bridgehead atoms. The van der Waals surface area contributed by atoms with E-state index in [1.54, 1.807) is 12.1 Å². The summed E-state index contributed by atoms with van der Waals surface area (Å²) in [6, 6.07) is 4.77. The average molecular weight is 229 g/mol. The van der Waals surface area contributed by atoms with Gasteiger partial charge in [0.1, 0.15) is 5.75 Å². The number of ether oxygens (including phenoxy) is 1. The predicted molar refractivity (Wildman–Crippen MR) is 57.3 cm³/mol. The molecule has 0 fully saturated rings. The lowest BCUT2D eigenvalue weighted by molar-refractivity contribution is -0.114. The van der Waals surface area contributed by atoms with Crippen LogP contribution in [-0.4, -0.2) is 19.6 Å². The summed E-state index contributed by atoms with van der Waals surface area (Å²) >= 11 is 5.83. The number of anilines is 1. The number of nitroso groups, excluding NO2 is 1. The van der Waals surface area contributed by atoms with Crippen LogP contribution in [0.15, 0.2) is 23.4 Å². The highest BCUT2D eigenvalue weighted by Gasteiger charge is 2.05. The van der Waals surface area contributed by atoms with Gasteiger partial charge in [0.05, 0.1) is 12.1 Å². The van der Waals surface area contributed by atoms with Crippen LogP contribution in [0.3, 0.4) is 0 Å². The van der Waals surface area contributed by atoms with Crippen LogP contribution in [0.4, 0.5) is 5.69 Å². The van der Waals surface area contributed by atoms with E-state index in [4.69, 9.17) is 16.3 Å². The minimum Gasteiger partial charge on any atom is -0.495 e. The minimum atomic E-state index is -0.480. The van der Waals surface area contributed by atoms with E-state index in [1.807, 2.05) is 0 Å². The molecule has 0 aliphatic heterocycles. The van der Waals surface area contributed by atoms with Gasteiger partial charge >= 0.3 is 0 Å². The molecule has 15 heavy (non-hydrogen) atoms. The second kappa shape index (κ2) is 5.31. The summed E-state index contributed by atoms with van der Waals surface area (Å²) in [6.45, 7) is -0.413. The molecule has 1 aromatic carbocycles. The normalized spacial score (nSPS) is 9.47. The zero-order valence-corrected chi connectivity index (χ0v) is 8.75. The first-order chi connectivity index (χ1) is 7.17. The molecule has 0 aromatic heterocycles. The van der Waals surface area contributed by atoms with Gasteiger partial charge in [-0.2, -0.15) is 4.91 Å². The van der Waals surface area contributed by atoms with Gasteiger partial charge in [-0.1, -0.05) is 16.8 Å². The molecule has 0 aliphatic carbocycles. The fourth-order valence-electron chi connectivity index (χ4n) is 1.00. The Labute approximate surface area is 91.3 Å². The molecular formula is C9H9ClN2O3. The van der Waals surface area contributed by atoms with Gasteiger partial charge in [0, 0.05) is 5.69 Å². The molecule has 1 amide bonds. The average Bonchev–Trinajstić information content (AvgIpc) is 2.18. The van der Waals surface area contributed by atoms with Gasteiger partial charge in [-0.15, -0.1) is 0 Å². The predicted octanol–water partition coefficient (Wildman–Crippen LogP) is 2.05. The number of halogens is 1. The number of hydrogen-bond donors (Lipinski definition) is 1. The van der Waals surface area contributed by atoms with Crippen molar-refractivity contribution in [1.29, 1.82) is 0 Å². The van der Waals surface area contributed by atoms with Crippen molar-refractivity contribution in [2.24, 2.45) is 5.18 Å². The third-order valence-electron chi connectivity index (χ3n) is 1.64. The molecule has 6 heteroatoms. The van der Waals surface area contributed by atoms with E-state index < -0.39 is 12.5 Å². The fraction of sp³-hybridized carbons (Fsp3) is 0.222. The number of nitrogens with zero attached hydrogens (tertiary/aromatic N) is 1. The van der Waals surface area contributed by atoms with Crippen LogP contribution in [0.25, 0.3) is 0 Å². The number of benzene rings is 1. The van der Waals surface area contributed by atoms with Gasteiger partial charge in [0.25, 0.3) is 0 Å². The summed E-state index contributed by atoms with van der Waals surface area (Å²) in [5, 5.41) is 5.31. The molecule has 0 heterocycles. The highest BCUT2D eigenvalue weighted by atomic mass is 35.5. The smallest absolute Gasteiger partial charge is 0.249 e. The molecule has 0 saturated carbocycles. The Morgan fingerprint density at radius 2 is 2.33 bits per heavy atom. The van der Waals surface area contributed by atoms with Crippen molar-refractivity contribution >= 4 is 23.2 Å². The second-order valence-electron chi connectivity index (χ2n) is 2.68. The topological polar surface area (TPSA) is 67.8 Å². The number of rotatable bonds is 4. The first-order valence-electron chi connectivity index (χ1n) is 4.10. The van der Waals surface area contributed by atoms with Crippen LogP contribution < -0.4 is 10.1 Å². The number of nitrogens with one attached hydrogen (secondary N) is 1. The lowest BCUT2D eigenvalue weighted by Gasteiger charge is -2.06. The summed E-state index contributed by atoms with van der Waals surface area (Å²) in [6.07, 6.45) is 0. The van der Waals surface area contributed by atoms with Crippen LogP contribution >= 0.6 is 11.6 Å². The zero-order chi connectivity index (χ0) is 11.3. The van der Waals surface area contributed by atoms with Crippen LogP contribution in [0, 0.1) is 4.91 Å². The number of methoxy groups -OCH3 is 1. The third-order valence-corrected chi connectivity index (χ3v) is 1.94. The summed E-state index contributed by atoms with van der Waals surface area (Å²) in [5.74, 6) is 0.0365. The van der Waals surface area contributed by atoms with Crippen molar-refractivity contribution in [3.63, 3.8) is 0 Å². The van der Waals surface area contributed by atoms with E-state index in [0.29, 0.717) is 16.5 Å². The molecule has 1 N–H and O–H groups in total. The SMILES string of the molecule is COc1ccc(NC(=O)CN=O)cc1Cl. The van der Waals surface area contributed by atoms with Gasteiger partial charge < -0.3 is 10.1 Å². The molecular weight excluding hydrogens is 220 g/mol.